The molecule has 0 saturated carbocycles. The van der Waals surface area contributed by atoms with E-state index in [2.05, 4.69) is 69.6 Å². The van der Waals surface area contributed by atoms with Crippen LogP contribution in [-0.4, -0.2) is 63.2 Å². The van der Waals surface area contributed by atoms with Gasteiger partial charge in [-0.1, -0.05) is 35.6 Å². The van der Waals surface area contributed by atoms with E-state index in [1.54, 1.807) is 6.07 Å². The number of aromatic nitrogens is 1. The summed E-state index contributed by atoms with van der Waals surface area (Å²) in [6.45, 7) is 11.2. The summed E-state index contributed by atoms with van der Waals surface area (Å²) in [6.07, 6.45) is -3.79. The number of benzene rings is 1. The molecule has 0 bridgehead atoms. The SMILES string of the molecule is CC1CN(c2ccc(Br)cc2NC(=O)c2cnc(OCC[Si](C)(C)C)cc2C(F)(F)F)CCN1C. The van der Waals surface area contributed by atoms with Crippen molar-refractivity contribution in [2.75, 3.05) is 43.5 Å². The van der Waals surface area contributed by atoms with E-state index < -0.39 is 31.3 Å². The Balaban J connectivity index is 1.86. The minimum Gasteiger partial charge on any atom is -0.478 e. The molecule has 1 aromatic carbocycles. The predicted molar refractivity (Wildman–Crippen MR) is 139 cm³/mol. The van der Waals surface area contributed by atoms with Crippen LogP contribution in [0, 0.1) is 0 Å². The lowest BCUT2D eigenvalue weighted by Gasteiger charge is -2.39. The van der Waals surface area contributed by atoms with Crippen molar-refractivity contribution < 1.29 is 22.7 Å². The lowest BCUT2D eigenvalue weighted by atomic mass is 10.1. The first-order valence-electron chi connectivity index (χ1n) is 11.5. The van der Waals surface area contributed by atoms with Gasteiger partial charge in [0.25, 0.3) is 5.91 Å². The number of rotatable bonds is 7. The molecule has 1 N–H and O–H groups in total. The van der Waals surface area contributed by atoms with Gasteiger partial charge in [-0.05, 0) is 38.2 Å². The van der Waals surface area contributed by atoms with E-state index >= 15 is 0 Å². The average Bonchev–Trinajstić information content (AvgIpc) is 2.74. The smallest absolute Gasteiger partial charge is 0.417 e. The van der Waals surface area contributed by atoms with Gasteiger partial charge in [-0.3, -0.25) is 4.79 Å². The second-order valence-electron chi connectivity index (χ2n) is 10.1. The Morgan fingerprint density at radius 1 is 1.26 bits per heavy atom. The van der Waals surface area contributed by atoms with Crippen LogP contribution in [0.1, 0.15) is 22.8 Å². The second kappa shape index (κ2) is 10.9. The molecule has 1 unspecified atom stereocenters. The fraction of sp³-hybridized carbons (Fsp3) is 0.500. The van der Waals surface area contributed by atoms with E-state index in [9.17, 15) is 18.0 Å². The highest BCUT2D eigenvalue weighted by atomic mass is 79.9. The van der Waals surface area contributed by atoms with Crippen molar-refractivity contribution in [1.82, 2.24) is 9.88 Å². The van der Waals surface area contributed by atoms with Crippen molar-refractivity contribution in [3.63, 3.8) is 0 Å². The summed E-state index contributed by atoms with van der Waals surface area (Å²) in [5, 5.41) is 2.69. The fourth-order valence-corrected chi connectivity index (χ4v) is 4.81. The quantitative estimate of drug-likeness (QED) is 0.414. The highest BCUT2D eigenvalue weighted by Crippen LogP contribution is 2.35. The molecule has 1 fully saturated rings. The van der Waals surface area contributed by atoms with Crippen molar-refractivity contribution in [1.29, 1.82) is 0 Å². The molecule has 1 saturated heterocycles. The summed E-state index contributed by atoms with van der Waals surface area (Å²) in [5.74, 6) is -1.01. The number of anilines is 2. The summed E-state index contributed by atoms with van der Waals surface area (Å²) in [7, 11) is 0.636. The number of piperazine rings is 1. The maximum atomic E-state index is 13.9. The number of carbonyl (C=O) groups is 1. The van der Waals surface area contributed by atoms with E-state index in [1.807, 2.05) is 12.1 Å². The fourth-order valence-electron chi connectivity index (χ4n) is 3.73. The van der Waals surface area contributed by atoms with Gasteiger partial charge in [0.15, 0.2) is 0 Å². The topological polar surface area (TPSA) is 57.7 Å². The predicted octanol–water partition coefficient (Wildman–Crippen LogP) is 5.97. The number of ether oxygens (including phenoxy) is 1. The number of nitrogens with zero attached hydrogens (tertiary/aromatic N) is 3. The third kappa shape index (κ3) is 7.44. The number of hydrogen-bond donors (Lipinski definition) is 1. The van der Waals surface area contributed by atoms with Crippen LogP contribution in [0.3, 0.4) is 0 Å². The molecular formula is C24H32BrF3N4O2Si. The molecule has 11 heteroatoms. The van der Waals surface area contributed by atoms with Gasteiger partial charge in [0.1, 0.15) is 0 Å². The number of pyridine rings is 1. The molecule has 0 radical (unpaired) electrons. The molecule has 3 rings (SSSR count). The van der Waals surface area contributed by atoms with Gasteiger partial charge in [0.05, 0.1) is 29.1 Å². The second-order valence-corrected chi connectivity index (χ2v) is 16.7. The standard InChI is InChI=1S/C24H32BrF3N4O2Si/c1-16-15-32(9-8-31(16)2)21-7-6-17(25)12-20(21)30-23(33)18-14-29-22(13-19(18)24(26,27)28)34-10-11-35(3,4)5/h6-7,12-14,16H,8-11,15H2,1-5H3,(H,30,33). The summed E-state index contributed by atoms with van der Waals surface area (Å²) >= 11 is 3.40. The molecule has 6 nitrogen and oxygen atoms in total. The number of hydrogen-bond acceptors (Lipinski definition) is 5. The Hall–Kier alpha value is -2.11. The van der Waals surface area contributed by atoms with Crippen molar-refractivity contribution in [2.45, 2.75) is 44.8 Å². The summed E-state index contributed by atoms with van der Waals surface area (Å²) in [6, 6.07) is 7.30. The average molecular weight is 574 g/mol. The number of amides is 1. The summed E-state index contributed by atoms with van der Waals surface area (Å²) in [4.78, 5) is 21.4. The molecule has 2 heterocycles. The minimum atomic E-state index is -4.74. The lowest BCUT2D eigenvalue weighted by molar-refractivity contribution is -0.138. The van der Waals surface area contributed by atoms with Gasteiger partial charge in [-0.25, -0.2) is 4.98 Å². The van der Waals surface area contributed by atoms with Crippen molar-refractivity contribution in [3.8, 4) is 5.88 Å². The molecular weight excluding hydrogens is 541 g/mol. The zero-order valence-corrected chi connectivity index (χ0v) is 23.3. The number of carbonyl (C=O) groups excluding carboxylic acids is 1. The zero-order valence-electron chi connectivity index (χ0n) is 20.7. The molecule has 0 spiro atoms. The van der Waals surface area contributed by atoms with Gasteiger partial charge in [-0.15, -0.1) is 0 Å². The minimum absolute atomic E-state index is 0.137. The lowest BCUT2D eigenvalue weighted by Crippen LogP contribution is -2.50. The molecule has 2 aromatic rings. The Morgan fingerprint density at radius 2 is 1.97 bits per heavy atom. The van der Waals surface area contributed by atoms with E-state index in [0.717, 1.165) is 43.6 Å². The first kappa shape index (κ1) is 27.5. The van der Waals surface area contributed by atoms with E-state index in [0.29, 0.717) is 16.2 Å². The first-order chi connectivity index (χ1) is 16.2. The highest BCUT2D eigenvalue weighted by Gasteiger charge is 2.36. The van der Waals surface area contributed by atoms with E-state index in [4.69, 9.17) is 4.74 Å². The summed E-state index contributed by atoms with van der Waals surface area (Å²) < 4.78 is 47.8. The maximum absolute atomic E-state index is 13.9. The molecule has 35 heavy (non-hydrogen) atoms. The van der Waals surface area contributed by atoms with Crippen molar-refractivity contribution in [3.05, 3.63) is 46.1 Å². The van der Waals surface area contributed by atoms with Crippen LogP contribution in [0.4, 0.5) is 24.5 Å². The number of halogens is 4. The van der Waals surface area contributed by atoms with E-state index in [-0.39, 0.29) is 12.5 Å². The molecule has 1 amide bonds. The normalized spacial score (nSPS) is 17.4. The Kier molecular flexibility index (Phi) is 8.54. The van der Waals surface area contributed by atoms with E-state index in [1.165, 1.54) is 0 Å². The van der Waals surface area contributed by atoms with Crippen LogP contribution in [-0.2, 0) is 6.18 Å². The number of likely N-dealkylation sites (N-methyl/N-ethyl adjacent to an activating group) is 1. The molecule has 1 atom stereocenters. The van der Waals surface area contributed by atoms with Crippen LogP contribution >= 0.6 is 15.9 Å². The monoisotopic (exact) mass is 572 g/mol. The van der Waals surface area contributed by atoms with Crippen LogP contribution < -0.4 is 15.0 Å². The van der Waals surface area contributed by atoms with Crippen LogP contribution in [0.25, 0.3) is 0 Å². The van der Waals surface area contributed by atoms with Gasteiger partial charge >= 0.3 is 6.18 Å². The molecule has 0 aliphatic carbocycles. The highest BCUT2D eigenvalue weighted by molar-refractivity contribution is 9.10. The van der Waals surface area contributed by atoms with Crippen molar-refractivity contribution in [2.24, 2.45) is 0 Å². The zero-order chi connectivity index (χ0) is 26.0. The van der Waals surface area contributed by atoms with Gasteiger partial charge < -0.3 is 19.9 Å². The van der Waals surface area contributed by atoms with Crippen LogP contribution in [0.5, 0.6) is 5.88 Å². The third-order valence-corrected chi connectivity index (χ3v) is 8.24. The van der Waals surface area contributed by atoms with Crippen LogP contribution in [0.15, 0.2) is 34.9 Å². The van der Waals surface area contributed by atoms with Crippen molar-refractivity contribution >= 4 is 41.3 Å². The largest absolute Gasteiger partial charge is 0.478 e. The molecule has 192 valence electrons. The first-order valence-corrected chi connectivity index (χ1v) is 16.0. The molecule has 1 aromatic heterocycles. The van der Waals surface area contributed by atoms with Crippen LogP contribution in [0.2, 0.25) is 25.7 Å². The third-order valence-electron chi connectivity index (χ3n) is 6.04. The number of alkyl halides is 3. The van der Waals surface area contributed by atoms with Gasteiger partial charge in [0.2, 0.25) is 5.88 Å². The molecule has 1 aliphatic rings. The van der Waals surface area contributed by atoms with Gasteiger partial charge in [-0.2, -0.15) is 13.2 Å². The molecule has 1 aliphatic heterocycles. The Bertz CT molecular complexity index is 1060. The Morgan fingerprint density at radius 3 is 2.60 bits per heavy atom. The Labute approximate surface area is 214 Å². The summed E-state index contributed by atoms with van der Waals surface area (Å²) in [5.41, 5.74) is -0.426. The van der Waals surface area contributed by atoms with Gasteiger partial charge in [0, 0.05) is 50.5 Å². The maximum Gasteiger partial charge on any atom is 0.417 e. The number of nitrogens with one attached hydrogen (secondary N) is 1.